The molecule has 0 saturated heterocycles. The van der Waals surface area contributed by atoms with E-state index in [2.05, 4.69) is 25.4 Å². The Kier molecular flexibility index (Phi) is 5.16. The summed E-state index contributed by atoms with van der Waals surface area (Å²) in [6, 6.07) is 11.2. The van der Waals surface area contributed by atoms with Gasteiger partial charge in [-0.15, -0.1) is 0 Å². The molecule has 140 valence electrons. The zero-order valence-electron chi connectivity index (χ0n) is 15.1. The molecule has 8 nitrogen and oxygen atoms in total. The van der Waals surface area contributed by atoms with Crippen LogP contribution in [0.1, 0.15) is 15.9 Å². The van der Waals surface area contributed by atoms with Gasteiger partial charge in [0.25, 0.3) is 5.91 Å². The van der Waals surface area contributed by atoms with Crippen LogP contribution >= 0.6 is 11.8 Å². The molecule has 28 heavy (non-hydrogen) atoms. The van der Waals surface area contributed by atoms with E-state index in [0.717, 1.165) is 16.4 Å². The van der Waals surface area contributed by atoms with Crippen LogP contribution in [0.25, 0.3) is 11.5 Å². The Morgan fingerprint density at radius 1 is 1.14 bits per heavy atom. The first-order valence-electron chi connectivity index (χ1n) is 8.50. The molecule has 0 fully saturated rings. The van der Waals surface area contributed by atoms with Crippen LogP contribution < -0.4 is 5.32 Å². The molecule has 0 unspecified atom stereocenters. The number of carbonyl (C=O) groups excluding carboxylic acids is 1. The maximum atomic E-state index is 12.4. The second kappa shape index (κ2) is 8.05. The van der Waals surface area contributed by atoms with Crippen molar-refractivity contribution in [1.82, 2.24) is 34.6 Å². The van der Waals surface area contributed by atoms with Crippen molar-refractivity contribution in [2.45, 2.75) is 11.7 Å². The molecule has 1 N–H and O–H groups in total. The van der Waals surface area contributed by atoms with E-state index in [1.807, 2.05) is 41.3 Å². The first-order chi connectivity index (χ1) is 13.7. The van der Waals surface area contributed by atoms with E-state index in [-0.39, 0.29) is 5.91 Å². The SMILES string of the molecule is CSc1nccn1-c1ccc(C(=O)NCc2ccc(-n3cncn3)nc2)cc1. The second-order valence-corrected chi connectivity index (χ2v) is 6.65. The Labute approximate surface area is 165 Å². The lowest BCUT2D eigenvalue weighted by Gasteiger charge is -2.08. The van der Waals surface area contributed by atoms with E-state index in [1.165, 1.54) is 6.33 Å². The van der Waals surface area contributed by atoms with E-state index in [9.17, 15) is 4.79 Å². The lowest BCUT2D eigenvalue weighted by atomic mass is 10.2. The van der Waals surface area contributed by atoms with Gasteiger partial charge in [0.1, 0.15) is 12.7 Å². The number of carbonyl (C=O) groups is 1. The predicted molar refractivity (Wildman–Crippen MR) is 106 cm³/mol. The van der Waals surface area contributed by atoms with Gasteiger partial charge >= 0.3 is 0 Å². The van der Waals surface area contributed by atoms with E-state index in [0.29, 0.717) is 17.9 Å². The minimum absolute atomic E-state index is 0.136. The van der Waals surface area contributed by atoms with Gasteiger partial charge in [-0.05, 0) is 42.2 Å². The minimum atomic E-state index is -0.136. The van der Waals surface area contributed by atoms with Crippen LogP contribution in [0.3, 0.4) is 0 Å². The quantitative estimate of drug-likeness (QED) is 0.508. The molecule has 0 bridgehead atoms. The van der Waals surface area contributed by atoms with Crippen molar-refractivity contribution in [2.24, 2.45) is 0 Å². The van der Waals surface area contributed by atoms with Crippen molar-refractivity contribution < 1.29 is 4.79 Å². The molecule has 0 atom stereocenters. The molecule has 3 heterocycles. The summed E-state index contributed by atoms with van der Waals surface area (Å²) in [5, 5.41) is 7.84. The van der Waals surface area contributed by atoms with Crippen molar-refractivity contribution in [3.05, 3.63) is 78.8 Å². The average molecular weight is 391 g/mol. The number of benzene rings is 1. The van der Waals surface area contributed by atoms with Gasteiger partial charge in [0.2, 0.25) is 0 Å². The fourth-order valence-corrected chi connectivity index (χ4v) is 3.21. The maximum Gasteiger partial charge on any atom is 0.251 e. The highest BCUT2D eigenvalue weighted by Crippen LogP contribution is 2.18. The number of aromatic nitrogens is 6. The monoisotopic (exact) mass is 391 g/mol. The van der Waals surface area contributed by atoms with Crippen LogP contribution in [0.5, 0.6) is 0 Å². The number of rotatable bonds is 6. The summed E-state index contributed by atoms with van der Waals surface area (Å²) >= 11 is 1.57. The molecule has 4 aromatic rings. The molecular weight excluding hydrogens is 374 g/mol. The van der Waals surface area contributed by atoms with Crippen LogP contribution in [-0.2, 0) is 6.54 Å². The molecule has 1 aromatic carbocycles. The highest BCUT2D eigenvalue weighted by molar-refractivity contribution is 7.98. The van der Waals surface area contributed by atoms with Crippen molar-refractivity contribution in [3.8, 4) is 11.5 Å². The van der Waals surface area contributed by atoms with Crippen molar-refractivity contribution in [2.75, 3.05) is 6.26 Å². The standard InChI is InChI=1S/C19H17N7OS/c1-28-19-21-8-9-25(19)16-5-3-15(4-6-16)18(27)23-11-14-2-7-17(22-10-14)26-13-20-12-24-26/h2-10,12-13H,11H2,1H3,(H,23,27). The first kappa shape index (κ1) is 17.9. The third-order valence-electron chi connectivity index (χ3n) is 4.11. The number of thioether (sulfide) groups is 1. The van der Waals surface area contributed by atoms with Crippen molar-refractivity contribution >= 4 is 17.7 Å². The van der Waals surface area contributed by atoms with E-state index in [1.54, 1.807) is 47.3 Å². The summed E-state index contributed by atoms with van der Waals surface area (Å²) in [7, 11) is 0. The topological polar surface area (TPSA) is 90.5 Å². The molecule has 0 radical (unpaired) electrons. The Bertz CT molecular complexity index is 1060. The summed E-state index contributed by atoms with van der Waals surface area (Å²) in [5.74, 6) is 0.537. The van der Waals surface area contributed by atoms with Crippen LogP contribution in [0.2, 0.25) is 0 Å². The Morgan fingerprint density at radius 3 is 2.68 bits per heavy atom. The normalized spacial score (nSPS) is 10.8. The van der Waals surface area contributed by atoms with Gasteiger partial charge in [-0.3, -0.25) is 9.36 Å². The summed E-state index contributed by atoms with van der Waals surface area (Å²) < 4.78 is 3.56. The fourth-order valence-electron chi connectivity index (χ4n) is 2.68. The lowest BCUT2D eigenvalue weighted by Crippen LogP contribution is -2.22. The molecule has 0 aliphatic carbocycles. The number of amides is 1. The summed E-state index contributed by atoms with van der Waals surface area (Å²) in [5.41, 5.74) is 2.46. The zero-order chi connectivity index (χ0) is 19.3. The van der Waals surface area contributed by atoms with Crippen molar-refractivity contribution in [3.63, 3.8) is 0 Å². The van der Waals surface area contributed by atoms with Crippen LogP contribution in [-0.4, -0.2) is 41.5 Å². The summed E-state index contributed by atoms with van der Waals surface area (Å²) in [6.07, 6.45) is 10.4. The van der Waals surface area contributed by atoms with Gasteiger partial charge in [0.05, 0.1) is 0 Å². The first-order valence-corrected chi connectivity index (χ1v) is 9.73. The Hall–Kier alpha value is -3.46. The third kappa shape index (κ3) is 3.79. The lowest BCUT2D eigenvalue weighted by molar-refractivity contribution is 0.0951. The van der Waals surface area contributed by atoms with Crippen LogP contribution in [0.15, 0.2) is 72.8 Å². The molecular formula is C19H17N7OS. The largest absolute Gasteiger partial charge is 0.348 e. The van der Waals surface area contributed by atoms with Gasteiger partial charge in [-0.25, -0.2) is 19.6 Å². The van der Waals surface area contributed by atoms with Gasteiger partial charge in [0, 0.05) is 36.4 Å². The Morgan fingerprint density at radius 2 is 2.00 bits per heavy atom. The molecule has 1 amide bonds. The van der Waals surface area contributed by atoms with Gasteiger partial charge in [-0.2, -0.15) is 5.10 Å². The second-order valence-electron chi connectivity index (χ2n) is 5.88. The summed E-state index contributed by atoms with van der Waals surface area (Å²) in [6.45, 7) is 0.392. The molecule has 0 spiro atoms. The number of nitrogens with zero attached hydrogens (tertiary/aromatic N) is 6. The molecule has 0 aliphatic heterocycles. The zero-order valence-corrected chi connectivity index (χ0v) is 15.9. The molecule has 4 rings (SSSR count). The average Bonchev–Trinajstić information content (AvgIpc) is 3.44. The van der Waals surface area contributed by atoms with Gasteiger partial charge in [-0.1, -0.05) is 17.8 Å². The van der Waals surface area contributed by atoms with Crippen molar-refractivity contribution in [1.29, 1.82) is 0 Å². The summed E-state index contributed by atoms with van der Waals surface area (Å²) in [4.78, 5) is 24.9. The van der Waals surface area contributed by atoms with E-state index in [4.69, 9.17) is 0 Å². The van der Waals surface area contributed by atoms with Gasteiger partial charge < -0.3 is 5.32 Å². The van der Waals surface area contributed by atoms with Crippen LogP contribution in [0, 0.1) is 0 Å². The van der Waals surface area contributed by atoms with Gasteiger partial charge in [0.15, 0.2) is 11.0 Å². The predicted octanol–water partition coefficient (Wildman–Crippen LogP) is 2.50. The fraction of sp³-hybridized carbons (Fsp3) is 0.105. The molecule has 9 heteroatoms. The molecule has 0 aliphatic rings. The minimum Gasteiger partial charge on any atom is -0.348 e. The van der Waals surface area contributed by atoms with E-state index >= 15 is 0 Å². The molecule has 3 aromatic heterocycles. The number of pyridine rings is 1. The number of imidazole rings is 1. The van der Waals surface area contributed by atoms with E-state index < -0.39 is 0 Å². The maximum absolute atomic E-state index is 12.4. The highest BCUT2D eigenvalue weighted by Gasteiger charge is 2.08. The smallest absolute Gasteiger partial charge is 0.251 e. The molecule has 0 saturated carbocycles. The number of hydrogen-bond donors (Lipinski definition) is 1. The Balaban J connectivity index is 1.38. The van der Waals surface area contributed by atoms with Crippen LogP contribution in [0.4, 0.5) is 0 Å². The third-order valence-corrected chi connectivity index (χ3v) is 4.78. The number of hydrogen-bond acceptors (Lipinski definition) is 6. The highest BCUT2D eigenvalue weighted by atomic mass is 32.2. The number of nitrogens with one attached hydrogen (secondary N) is 1.